The van der Waals surface area contributed by atoms with Gasteiger partial charge in [0.25, 0.3) is 5.91 Å². The van der Waals surface area contributed by atoms with E-state index < -0.39 is 30.0 Å². The topological polar surface area (TPSA) is 66.4 Å². The molecular formula is C23H26FNO3. The Kier molecular flexibility index (Phi) is 6.12. The lowest BCUT2D eigenvalue weighted by molar-refractivity contribution is -0.142. The number of carboxylic acid groups (broad SMARTS) is 1. The molecule has 1 aliphatic rings. The zero-order chi connectivity index (χ0) is 20.3. The zero-order valence-electron chi connectivity index (χ0n) is 16.2. The molecular weight excluding hydrogens is 357 g/mol. The highest BCUT2D eigenvalue weighted by Gasteiger charge is 2.30. The molecule has 2 N–H and O–H groups in total. The Morgan fingerprint density at radius 3 is 2.25 bits per heavy atom. The van der Waals surface area contributed by atoms with Gasteiger partial charge in [0.15, 0.2) is 0 Å². The molecule has 2 aromatic carbocycles. The second kappa shape index (κ2) is 8.55. The number of carbonyl (C=O) groups excluding carboxylic acids is 1. The minimum absolute atomic E-state index is 0.323. The van der Waals surface area contributed by atoms with Gasteiger partial charge in [-0.2, -0.15) is 0 Å². The van der Waals surface area contributed by atoms with Crippen LogP contribution in [0.15, 0.2) is 42.5 Å². The fourth-order valence-corrected chi connectivity index (χ4v) is 3.70. The minimum atomic E-state index is -1.83. The first kappa shape index (κ1) is 20.1. The van der Waals surface area contributed by atoms with Crippen LogP contribution < -0.4 is 5.32 Å². The predicted octanol–water partition coefficient (Wildman–Crippen LogP) is 4.46. The minimum Gasteiger partial charge on any atom is -0.481 e. The molecule has 28 heavy (non-hydrogen) atoms. The third-order valence-corrected chi connectivity index (χ3v) is 5.52. The van der Waals surface area contributed by atoms with E-state index in [1.807, 2.05) is 25.1 Å². The highest BCUT2D eigenvalue weighted by Crippen LogP contribution is 2.28. The lowest BCUT2D eigenvalue weighted by Crippen LogP contribution is -2.37. The smallest absolute Gasteiger partial charge is 0.308 e. The number of carbonyl (C=O) groups is 2. The molecule has 3 rings (SSSR count). The molecule has 0 fully saturated rings. The van der Waals surface area contributed by atoms with Crippen molar-refractivity contribution in [2.24, 2.45) is 5.92 Å². The van der Waals surface area contributed by atoms with E-state index in [0.29, 0.717) is 11.1 Å². The van der Waals surface area contributed by atoms with E-state index >= 15 is 0 Å². The normalized spacial score (nSPS) is 16.5. The van der Waals surface area contributed by atoms with E-state index in [4.69, 9.17) is 0 Å². The predicted molar refractivity (Wildman–Crippen MR) is 106 cm³/mol. The van der Waals surface area contributed by atoms with E-state index in [0.717, 1.165) is 36.8 Å². The SMILES string of the molecule is Cc1ccc([C@@H](NC(=O)[C@@H](F)c2ccc3c(c2)CCCC3)[C@@H](C)C(=O)O)cc1. The molecule has 1 amide bonds. The molecule has 1 aliphatic carbocycles. The first-order valence-electron chi connectivity index (χ1n) is 9.72. The Balaban J connectivity index is 1.80. The summed E-state index contributed by atoms with van der Waals surface area (Å²) in [5.41, 5.74) is 4.32. The average molecular weight is 383 g/mol. The van der Waals surface area contributed by atoms with Crippen molar-refractivity contribution < 1.29 is 19.1 Å². The molecule has 0 saturated heterocycles. The van der Waals surface area contributed by atoms with Gasteiger partial charge < -0.3 is 10.4 Å². The molecule has 0 spiro atoms. The molecule has 4 nitrogen and oxygen atoms in total. The summed E-state index contributed by atoms with van der Waals surface area (Å²) in [6.45, 7) is 3.44. The molecule has 0 bridgehead atoms. The maximum atomic E-state index is 14.9. The van der Waals surface area contributed by atoms with Gasteiger partial charge in [-0.05, 0) is 61.8 Å². The standard InChI is InChI=1S/C23H26FNO3/c1-14-7-9-17(10-8-14)21(15(2)23(27)28)25-22(26)20(24)19-12-11-16-5-3-4-6-18(16)13-19/h7-13,15,20-21H,3-6H2,1-2H3,(H,25,26)(H,27,28)/t15-,20+,21+/m1/s1. The molecule has 0 heterocycles. The van der Waals surface area contributed by atoms with Crippen LogP contribution in [0.25, 0.3) is 0 Å². The number of nitrogens with one attached hydrogen (secondary N) is 1. The maximum absolute atomic E-state index is 14.9. The Labute approximate surface area is 164 Å². The van der Waals surface area contributed by atoms with Gasteiger partial charge in [-0.1, -0.05) is 48.0 Å². The number of hydrogen-bond donors (Lipinski definition) is 2. The monoisotopic (exact) mass is 383 g/mol. The number of halogens is 1. The summed E-state index contributed by atoms with van der Waals surface area (Å²) >= 11 is 0. The average Bonchev–Trinajstić information content (AvgIpc) is 2.71. The number of hydrogen-bond acceptors (Lipinski definition) is 2. The van der Waals surface area contributed by atoms with Crippen molar-refractivity contribution in [1.82, 2.24) is 5.32 Å². The van der Waals surface area contributed by atoms with Crippen LogP contribution in [0.1, 0.15) is 59.8 Å². The van der Waals surface area contributed by atoms with Gasteiger partial charge in [0.05, 0.1) is 12.0 Å². The van der Waals surface area contributed by atoms with Crippen LogP contribution in [0.4, 0.5) is 4.39 Å². The third-order valence-electron chi connectivity index (χ3n) is 5.52. The largest absolute Gasteiger partial charge is 0.481 e. The summed E-state index contributed by atoms with van der Waals surface area (Å²) in [7, 11) is 0. The van der Waals surface area contributed by atoms with Crippen molar-refractivity contribution in [3.05, 3.63) is 70.3 Å². The zero-order valence-corrected chi connectivity index (χ0v) is 16.2. The van der Waals surface area contributed by atoms with Crippen molar-refractivity contribution in [3.63, 3.8) is 0 Å². The number of carboxylic acids is 1. The molecule has 2 aromatic rings. The number of amides is 1. The summed E-state index contributed by atoms with van der Waals surface area (Å²) in [5.74, 6) is -2.74. The summed E-state index contributed by atoms with van der Waals surface area (Å²) in [6.07, 6.45) is 2.27. The van der Waals surface area contributed by atoms with Crippen molar-refractivity contribution in [2.45, 2.75) is 51.7 Å². The summed E-state index contributed by atoms with van der Waals surface area (Å²) in [5, 5.41) is 12.0. The molecule has 0 aromatic heterocycles. The lowest BCUT2D eigenvalue weighted by atomic mass is 9.89. The van der Waals surface area contributed by atoms with Crippen molar-refractivity contribution in [3.8, 4) is 0 Å². The van der Waals surface area contributed by atoms with E-state index in [-0.39, 0.29) is 0 Å². The Bertz CT molecular complexity index is 863. The second-order valence-corrected chi connectivity index (χ2v) is 7.62. The van der Waals surface area contributed by atoms with E-state index in [9.17, 15) is 19.1 Å². The van der Waals surface area contributed by atoms with Gasteiger partial charge in [-0.25, -0.2) is 4.39 Å². The number of aryl methyl sites for hydroxylation is 3. The van der Waals surface area contributed by atoms with E-state index in [2.05, 4.69) is 5.32 Å². The van der Waals surface area contributed by atoms with Gasteiger partial charge in [-0.3, -0.25) is 9.59 Å². The summed E-state index contributed by atoms with van der Waals surface area (Å²) in [6, 6.07) is 11.8. The van der Waals surface area contributed by atoms with Crippen molar-refractivity contribution in [1.29, 1.82) is 0 Å². The number of rotatable bonds is 6. The molecule has 0 aliphatic heterocycles. The van der Waals surface area contributed by atoms with Crippen LogP contribution >= 0.6 is 0 Å². The highest BCUT2D eigenvalue weighted by atomic mass is 19.1. The number of fused-ring (bicyclic) bond motifs is 1. The van der Waals surface area contributed by atoms with E-state index in [1.165, 1.54) is 12.5 Å². The van der Waals surface area contributed by atoms with Crippen LogP contribution in [0.2, 0.25) is 0 Å². The number of alkyl halides is 1. The van der Waals surface area contributed by atoms with Gasteiger partial charge in [0.1, 0.15) is 0 Å². The first-order chi connectivity index (χ1) is 13.4. The quantitative estimate of drug-likeness (QED) is 0.774. The fourth-order valence-electron chi connectivity index (χ4n) is 3.70. The Morgan fingerprint density at radius 1 is 1.00 bits per heavy atom. The van der Waals surface area contributed by atoms with Crippen molar-refractivity contribution in [2.75, 3.05) is 0 Å². The molecule has 3 atom stereocenters. The van der Waals surface area contributed by atoms with Gasteiger partial charge >= 0.3 is 5.97 Å². The molecule has 0 saturated carbocycles. The van der Waals surface area contributed by atoms with Crippen LogP contribution in [-0.2, 0) is 22.4 Å². The molecule has 5 heteroatoms. The third kappa shape index (κ3) is 4.41. The molecule has 0 unspecified atom stereocenters. The second-order valence-electron chi connectivity index (χ2n) is 7.62. The highest BCUT2D eigenvalue weighted by molar-refractivity contribution is 5.83. The Hall–Kier alpha value is -2.69. The number of aliphatic carboxylic acids is 1. The van der Waals surface area contributed by atoms with Crippen LogP contribution in [0.3, 0.4) is 0 Å². The first-order valence-corrected chi connectivity index (χ1v) is 9.72. The van der Waals surface area contributed by atoms with Gasteiger partial charge in [0, 0.05) is 0 Å². The molecule has 148 valence electrons. The van der Waals surface area contributed by atoms with Gasteiger partial charge in [-0.15, -0.1) is 0 Å². The van der Waals surface area contributed by atoms with Crippen LogP contribution in [0.5, 0.6) is 0 Å². The fraction of sp³-hybridized carbons (Fsp3) is 0.391. The van der Waals surface area contributed by atoms with Crippen molar-refractivity contribution >= 4 is 11.9 Å². The van der Waals surface area contributed by atoms with E-state index in [1.54, 1.807) is 24.3 Å². The lowest BCUT2D eigenvalue weighted by Gasteiger charge is -2.24. The Morgan fingerprint density at radius 2 is 1.61 bits per heavy atom. The summed E-state index contributed by atoms with van der Waals surface area (Å²) < 4.78 is 14.9. The van der Waals surface area contributed by atoms with Gasteiger partial charge in [0.2, 0.25) is 6.17 Å². The summed E-state index contributed by atoms with van der Waals surface area (Å²) in [4.78, 5) is 24.1. The molecule has 0 radical (unpaired) electrons. The number of benzene rings is 2. The maximum Gasteiger partial charge on any atom is 0.308 e. The van der Waals surface area contributed by atoms with Crippen LogP contribution in [0, 0.1) is 12.8 Å². The van der Waals surface area contributed by atoms with Crippen LogP contribution in [-0.4, -0.2) is 17.0 Å².